The molecule has 0 amide bonds. The normalized spacial score (nSPS) is 10.8. The molecular weight excluding hydrogens is 346 g/mol. The zero-order valence-corrected chi connectivity index (χ0v) is 15.9. The van der Waals surface area contributed by atoms with Gasteiger partial charge in [-0.2, -0.15) is 0 Å². The van der Waals surface area contributed by atoms with Crippen molar-refractivity contribution in [2.75, 3.05) is 20.8 Å². The van der Waals surface area contributed by atoms with E-state index in [1.807, 2.05) is 29.7 Å². The van der Waals surface area contributed by atoms with Crippen molar-refractivity contribution in [1.29, 1.82) is 0 Å². The van der Waals surface area contributed by atoms with Crippen LogP contribution in [0.25, 0.3) is 16.6 Å². The minimum atomic E-state index is -0.283. The predicted octanol–water partition coefficient (Wildman–Crippen LogP) is 3.77. The van der Waals surface area contributed by atoms with Crippen molar-refractivity contribution in [3.63, 3.8) is 0 Å². The Bertz CT molecular complexity index is 990. The summed E-state index contributed by atoms with van der Waals surface area (Å²) in [7, 11) is 3.19. The third-order valence-corrected chi connectivity index (χ3v) is 4.57. The number of hydrogen-bond donors (Lipinski definition) is 1. The number of fused-ring (bicyclic) bond motifs is 1. The van der Waals surface area contributed by atoms with E-state index in [9.17, 15) is 9.90 Å². The van der Waals surface area contributed by atoms with Crippen LogP contribution in [0.4, 0.5) is 0 Å². The van der Waals surface area contributed by atoms with Crippen LogP contribution in [0, 0.1) is 6.92 Å². The van der Waals surface area contributed by atoms with Crippen molar-refractivity contribution in [3.8, 4) is 22.9 Å². The van der Waals surface area contributed by atoms with Crippen molar-refractivity contribution in [3.05, 3.63) is 47.7 Å². The number of ether oxygens (including phenoxy) is 3. The Labute approximate surface area is 157 Å². The SMILES string of the molecule is CCOC(=O)Cc1c(C)n(-c2ccc(OC)cc2OC)c2cc(O)ccc12. The molecule has 6 heteroatoms. The molecule has 0 saturated carbocycles. The molecule has 1 aromatic heterocycles. The van der Waals surface area contributed by atoms with Crippen molar-refractivity contribution in [2.45, 2.75) is 20.3 Å². The smallest absolute Gasteiger partial charge is 0.310 e. The van der Waals surface area contributed by atoms with Gasteiger partial charge < -0.3 is 23.9 Å². The molecule has 1 heterocycles. The number of aromatic hydroxyl groups is 1. The van der Waals surface area contributed by atoms with Gasteiger partial charge in [-0.1, -0.05) is 0 Å². The summed E-state index contributed by atoms with van der Waals surface area (Å²) in [6.45, 7) is 4.06. The quantitative estimate of drug-likeness (QED) is 0.670. The van der Waals surface area contributed by atoms with Gasteiger partial charge in [0.15, 0.2) is 0 Å². The number of rotatable bonds is 6. The number of methoxy groups -OCH3 is 2. The summed E-state index contributed by atoms with van der Waals surface area (Å²) in [6, 6.07) is 10.7. The van der Waals surface area contributed by atoms with E-state index in [1.165, 1.54) is 0 Å². The van der Waals surface area contributed by atoms with Crippen molar-refractivity contribution in [2.24, 2.45) is 0 Å². The number of carbonyl (C=O) groups excluding carboxylic acids is 1. The molecule has 2 aromatic carbocycles. The Morgan fingerprint density at radius 2 is 1.89 bits per heavy atom. The molecule has 0 fully saturated rings. The lowest BCUT2D eigenvalue weighted by atomic mass is 10.1. The van der Waals surface area contributed by atoms with Crippen LogP contribution < -0.4 is 9.47 Å². The minimum Gasteiger partial charge on any atom is -0.508 e. The van der Waals surface area contributed by atoms with Crippen LogP contribution in [0.15, 0.2) is 36.4 Å². The van der Waals surface area contributed by atoms with Gasteiger partial charge in [-0.05, 0) is 43.7 Å². The molecule has 0 unspecified atom stereocenters. The van der Waals surface area contributed by atoms with Gasteiger partial charge in [-0.25, -0.2) is 0 Å². The highest BCUT2D eigenvalue weighted by atomic mass is 16.5. The second-order valence-electron chi connectivity index (χ2n) is 6.12. The molecule has 142 valence electrons. The Balaban J connectivity index is 2.25. The molecule has 0 bridgehead atoms. The second-order valence-corrected chi connectivity index (χ2v) is 6.12. The van der Waals surface area contributed by atoms with Crippen molar-refractivity contribution in [1.82, 2.24) is 4.57 Å². The molecule has 1 N–H and O–H groups in total. The van der Waals surface area contributed by atoms with Gasteiger partial charge in [0.05, 0.1) is 38.5 Å². The Kier molecular flexibility index (Phi) is 5.26. The van der Waals surface area contributed by atoms with E-state index in [1.54, 1.807) is 39.3 Å². The van der Waals surface area contributed by atoms with Crippen molar-refractivity contribution < 1.29 is 24.1 Å². The van der Waals surface area contributed by atoms with Crippen LogP contribution in [0.5, 0.6) is 17.2 Å². The monoisotopic (exact) mass is 369 g/mol. The van der Waals surface area contributed by atoms with Crippen LogP contribution in [0.1, 0.15) is 18.2 Å². The molecule has 0 aliphatic rings. The molecule has 0 aliphatic carbocycles. The van der Waals surface area contributed by atoms with Crippen LogP contribution >= 0.6 is 0 Å². The van der Waals surface area contributed by atoms with Crippen LogP contribution in [0.2, 0.25) is 0 Å². The first kappa shape index (κ1) is 18.6. The lowest BCUT2D eigenvalue weighted by molar-refractivity contribution is -0.142. The highest BCUT2D eigenvalue weighted by Crippen LogP contribution is 2.36. The summed E-state index contributed by atoms with van der Waals surface area (Å²) in [4.78, 5) is 12.1. The fourth-order valence-corrected chi connectivity index (χ4v) is 3.33. The van der Waals surface area contributed by atoms with Crippen molar-refractivity contribution >= 4 is 16.9 Å². The molecule has 0 radical (unpaired) electrons. The molecule has 27 heavy (non-hydrogen) atoms. The van der Waals surface area contributed by atoms with Gasteiger partial charge in [0, 0.05) is 23.2 Å². The third-order valence-electron chi connectivity index (χ3n) is 4.57. The number of benzene rings is 2. The summed E-state index contributed by atoms with van der Waals surface area (Å²) >= 11 is 0. The molecule has 3 aromatic rings. The Hall–Kier alpha value is -3.15. The molecule has 6 nitrogen and oxygen atoms in total. The largest absolute Gasteiger partial charge is 0.508 e. The number of phenols is 1. The van der Waals surface area contributed by atoms with E-state index in [-0.39, 0.29) is 18.1 Å². The maximum absolute atomic E-state index is 12.1. The molecular formula is C21H23NO5. The van der Waals surface area contributed by atoms with Gasteiger partial charge in [0.1, 0.15) is 17.2 Å². The Morgan fingerprint density at radius 1 is 1.11 bits per heavy atom. The van der Waals surface area contributed by atoms with Gasteiger partial charge in [0.25, 0.3) is 0 Å². The van der Waals surface area contributed by atoms with E-state index in [4.69, 9.17) is 14.2 Å². The molecule has 0 spiro atoms. The average Bonchev–Trinajstić information content (AvgIpc) is 2.92. The molecule has 0 aliphatic heterocycles. The van der Waals surface area contributed by atoms with Gasteiger partial charge in [-0.15, -0.1) is 0 Å². The number of carbonyl (C=O) groups is 1. The topological polar surface area (TPSA) is 69.9 Å². The van der Waals surface area contributed by atoms with Crippen LogP contribution in [-0.2, 0) is 16.0 Å². The summed E-state index contributed by atoms with van der Waals surface area (Å²) < 4.78 is 17.9. The first-order chi connectivity index (χ1) is 13.0. The zero-order chi connectivity index (χ0) is 19.6. The van der Waals surface area contributed by atoms with Crippen LogP contribution in [0.3, 0.4) is 0 Å². The predicted molar refractivity (Wildman–Crippen MR) is 103 cm³/mol. The van der Waals surface area contributed by atoms with Gasteiger partial charge in [0.2, 0.25) is 0 Å². The molecule has 0 atom stereocenters. The zero-order valence-electron chi connectivity index (χ0n) is 15.9. The maximum atomic E-state index is 12.1. The number of nitrogens with zero attached hydrogens (tertiary/aromatic N) is 1. The Morgan fingerprint density at radius 3 is 2.56 bits per heavy atom. The summed E-state index contributed by atoms with van der Waals surface area (Å²) in [5.41, 5.74) is 3.32. The second kappa shape index (κ2) is 7.61. The first-order valence-corrected chi connectivity index (χ1v) is 8.71. The average molecular weight is 369 g/mol. The fraction of sp³-hybridized carbons (Fsp3) is 0.286. The lowest BCUT2D eigenvalue weighted by Gasteiger charge is -2.14. The van der Waals surface area contributed by atoms with E-state index in [0.717, 1.165) is 27.8 Å². The summed E-state index contributed by atoms with van der Waals surface area (Å²) in [6.07, 6.45) is 0.159. The summed E-state index contributed by atoms with van der Waals surface area (Å²) in [5.74, 6) is 1.17. The highest BCUT2D eigenvalue weighted by molar-refractivity contribution is 5.92. The number of aromatic nitrogens is 1. The summed E-state index contributed by atoms with van der Waals surface area (Å²) in [5, 5.41) is 10.9. The van der Waals surface area contributed by atoms with E-state index in [2.05, 4.69) is 0 Å². The highest BCUT2D eigenvalue weighted by Gasteiger charge is 2.20. The van der Waals surface area contributed by atoms with Crippen LogP contribution in [-0.4, -0.2) is 36.5 Å². The van der Waals surface area contributed by atoms with Gasteiger partial charge >= 0.3 is 5.97 Å². The van der Waals surface area contributed by atoms with E-state index >= 15 is 0 Å². The first-order valence-electron chi connectivity index (χ1n) is 8.71. The number of hydrogen-bond acceptors (Lipinski definition) is 5. The lowest BCUT2D eigenvalue weighted by Crippen LogP contribution is -2.08. The minimum absolute atomic E-state index is 0.149. The van der Waals surface area contributed by atoms with E-state index < -0.39 is 0 Å². The number of esters is 1. The maximum Gasteiger partial charge on any atom is 0.310 e. The van der Waals surface area contributed by atoms with Gasteiger partial charge in [-0.3, -0.25) is 4.79 Å². The number of phenolic OH excluding ortho intramolecular Hbond substituents is 1. The molecule has 3 rings (SSSR count). The standard InChI is InChI=1S/C21H23NO5/c1-5-27-21(24)12-17-13(2)22(19-10-14(23)6-8-16(17)19)18-9-7-15(25-3)11-20(18)26-4/h6-11,23H,5,12H2,1-4H3. The fourth-order valence-electron chi connectivity index (χ4n) is 3.33. The van der Waals surface area contributed by atoms with E-state index in [0.29, 0.717) is 18.1 Å². The molecule has 0 saturated heterocycles. The third kappa shape index (κ3) is 3.43.